The number of carbonyl (C=O) groups excluding carboxylic acids is 1. The highest BCUT2D eigenvalue weighted by Gasteiger charge is 2.30. The molecule has 1 saturated carbocycles. The van der Waals surface area contributed by atoms with Gasteiger partial charge in [0, 0.05) is 43.1 Å². The topological polar surface area (TPSA) is 59.4 Å². The fourth-order valence-corrected chi connectivity index (χ4v) is 2.86. The summed E-state index contributed by atoms with van der Waals surface area (Å²) in [5, 5.41) is 7.61. The maximum absolute atomic E-state index is 12.4. The lowest BCUT2D eigenvalue weighted by molar-refractivity contribution is -0.117. The van der Waals surface area contributed by atoms with Gasteiger partial charge in [0.25, 0.3) is 0 Å². The lowest BCUT2D eigenvalue weighted by atomic mass is 10.3. The Kier molecular flexibility index (Phi) is 5.06. The van der Waals surface area contributed by atoms with Crippen molar-refractivity contribution in [1.29, 1.82) is 0 Å². The van der Waals surface area contributed by atoms with Gasteiger partial charge in [0.2, 0.25) is 5.91 Å². The van der Waals surface area contributed by atoms with E-state index < -0.39 is 0 Å². The number of nitrogens with zero attached hydrogens (tertiary/aromatic N) is 3. The molecule has 7 heteroatoms. The Morgan fingerprint density at radius 2 is 2.29 bits per heavy atom. The highest BCUT2D eigenvalue weighted by Crippen LogP contribution is 2.29. The second-order valence-corrected chi connectivity index (χ2v) is 6.46. The number of benzene rings is 1. The maximum atomic E-state index is 12.4. The van der Waals surface area contributed by atoms with E-state index in [1.165, 1.54) is 0 Å². The van der Waals surface area contributed by atoms with Crippen molar-refractivity contribution in [1.82, 2.24) is 14.7 Å². The predicted octanol–water partition coefficient (Wildman–Crippen LogP) is 2.69. The van der Waals surface area contributed by atoms with Gasteiger partial charge in [0.05, 0.1) is 24.9 Å². The summed E-state index contributed by atoms with van der Waals surface area (Å²) in [6, 6.07) is 5.69. The van der Waals surface area contributed by atoms with Crippen LogP contribution in [-0.4, -0.2) is 40.3 Å². The van der Waals surface area contributed by atoms with Crippen LogP contribution in [0.2, 0.25) is 5.02 Å². The van der Waals surface area contributed by atoms with Gasteiger partial charge < -0.3 is 10.1 Å². The Morgan fingerprint density at radius 3 is 2.92 bits per heavy atom. The zero-order valence-electron chi connectivity index (χ0n) is 13.8. The van der Waals surface area contributed by atoms with Crippen LogP contribution in [0.1, 0.15) is 18.4 Å². The van der Waals surface area contributed by atoms with E-state index in [2.05, 4.69) is 15.3 Å². The van der Waals surface area contributed by atoms with Crippen LogP contribution in [0.3, 0.4) is 0 Å². The first-order valence-corrected chi connectivity index (χ1v) is 8.28. The molecule has 0 aliphatic heterocycles. The molecule has 128 valence electrons. The highest BCUT2D eigenvalue weighted by molar-refractivity contribution is 6.32. The van der Waals surface area contributed by atoms with Crippen molar-refractivity contribution >= 4 is 23.2 Å². The smallest absolute Gasteiger partial charge is 0.238 e. The molecule has 0 bridgehead atoms. The van der Waals surface area contributed by atoms with Gasteiger partial charge >= 0.3 is 0 Å². The van der Waals surface area contributed by atoms with Gasteiger partial charge in [-0.05, 0) is 25.0 Å². The first-order valence-electron chi connectivity index (χ1n) is 7.90. The summed E-state index contributed by atoms with van der Waals surface area (Å²) in [7, 11) is 3.45. The minimum absolute atomic E-state index is 0.0461. The number of halogens is 1. The Morgan fingerprint density at radius 1 is 1.50 bits per heavy atom. The lowest BCUT2D eigenvalue weighted by Gasteiger charge is -2.20. The fraction of sp³-hybridized carbons (Fsp3) is 0.412. The summed E-state index contributed by atoms with van der Waals surface area (Å²) in [6.07, 6.45) is 6.11. The molecule has 0 radical (unpaired) electrons. The van der Waals surface area contributed by atoms with Gasteiger partial charge in [-0.3, -0.25) is 14.4 Å². The molecule has 0 saturated heterocycles. The van der Waals surface area contributed by atoms with Crippen LogP contribution in [0.15, 0.2) is 30.6 Å². The van der Waals surface area contributed by atoms with Gasteiger partial charge in [-0.2, -0.15) is 5.10 Å². The Labute approximate surface area is 146 Å². The fourth-order valence-electron chi connectivity index (χ4n) is 2.66. The van der Waals surface area contributed by atoms with Crippen LogP contribution < -0.4 is 10.1 Å². The van der Waals surface area contributed by atoms with Crippen LogP contribution in [0.4, 0.5) is 5.69 Å². The molecule has 6 nitrogen and oxygen atoms in total. The second-order valence-electron chi connectivity index (χ2n) is 6.06. The second kappa shape index (κ2) is 7.23. The van der Waals surface area contributed by atoms with Crippen molar-refractivity contribution in [3.05, 3.63) is 41.2 Å². The largest absolute Gasteiger partial charge is 0.495 e. The van der Waals surface area contributed by atoms with Crippen molar-refractivity contribution in [3.63, 3.8) is 0 Å². The van der Waals surface area contributed by atoms with Gasteiger partial charge in [0.15, 0.2) is 0 Å². The van der Waals surface area contributed by atoms with E-state index in [0.717, 1.165) is 24.9 Å². The van der Waals surface area contributed by atoms with Gasteiger partial charge in [-0.1, -0.05) is 11.6 Å². The predicted molar refractivity (Wildman–Crippen MR) is 93.3 cm³/mol. The Hall–Kier alpha value is -2.05. The Bertz CT molecular complexity index is 727. The van der Waals surface area contributed by atoms with E-state index in [0.29, 0.717) is 29.0 Å². The van der Waals surface area contributed by atoms with Gasteiger partial charge in [-0.25, -0.2) is 0 Å². The van der Waals surface area contributed by atoms with E-state index in [1.807, 2.05) is 19.4 Å². The van der Waals surface area contributed by atoms with Crippen molar-refractivity contribution in [2.24, 2.45) is 7.05 Å². The molecule has 0 unspecified atom stereocenters. The standard InChI is InChI=1S/C17H21ClN4O2/c1-21-9-12(8-19-21)10-22(14-4-5-14)11-17(23)20-13-3-6-15(18)16(7-13)24-2/h3,6-9,14H,4-5,10-11H2,1-2H3,(H,20,23). The number of hydrogen-bond donors (Lipinski definition) is 1. The summed E-state index contributed by atoms with van der Waals surface area (Å²) < 4.78 is 6.95. The summed E-state index contributed by atoms with van der Waals surface area (Å²) in [5.41, 5.74) is 1.80. The summed E-state index contributed by atoms with van der Waals surface area (Å²) >= 11 is 6.01. The number of carbonyl (C=O) groups is 1. The van der Waals surface area contributed by atoms with E-state index in [-0.39, 0.29) is 5.91 Å². The van der Waals surface area contributed by atoms with Crippen LogP contribution in [-0.2, 0) is 18.4 Å². The van der Waals surface area contributed by atoms with Crippen molar-refractivity contribution in [2.75, 3.05) is 19.0 Å². The van der Waals surface area contributed by atoms with Crippen LogP contribution in [0.5, 0.6) is 5.75 Å². The normalized spacial score (nSPS) is 14.0. The zero-order valence-corrected chi connectivity index (χ0v) is 14.6. The Balaban J connectivity index is 1.61. The molecule has 1 aromatic heterocycles. The van der Waals surface area contributed by atoms with E-state index in [4.69, 9.17) is 16.3 Å². The average molecular weight is 349 g/mol. The quantitative estimate of drug-likeness (QED) is 0.835. The summed E-state index contributed by atoms with van der Waals surface area (Å²) in [6.45, 7) is 1.08. The first-order chi connectivity index (χ1) is 11.5. The number of aromatic nitrogens is 2. The molecule has 1 N–H and O–H groups in total. The highest BCUT2D eigenvalue weighted by atomic mass is 35.5. The molecular weight excluding hydrogens is 328 g/mol. The first kappa shape index (κ1) is 16.8. The van der Waals surface area contributed by atoms with Crippen LogP contribution in [0.25, 0.3) is 0 Å². The van der Waals surface area contributed by atoms with Crippen molar-refractivity contribution < 1.29 is 9.53 Å². The molecular formula is C17H21ClN4O2. The average Bonchev–Trinajstić information content (AvgIpc) is 3.32. The number of hydrogen-bond acceptors (Lipinski definition) is 4. The van der Waals surface area contributed by atoms with E-state index in [1.54, 1.807) is 30.0 Å². The molecule has 0 atom stereocenters. The number of methoxy groups -OCH3 is 1. The molecule has 0 spiro atoms. The zero-order chi connectivity index (χ0) is 17.1. The number of rotatable bonds is 7. The number of ether oxygens (including phenoxy) is 1. The minimum atomic E-state index is -0.0461. The van der Waals surface area contributed by atoms with Crippen molar-refractivity contribution in [2.45, 2.75) is 25.4 Å². The minimum Gasteiger partial charge on any atom is -0.495 e. The van der Waals surface area contributed by atoms with Crippen LogP contribution >= 0.6 is 11.6 Å². The summed E-state index contributed by atoms with van der Waals surface area (Å²) in [4.78, 5) is 14.6. The summed E-state index contributed by atoms with van der Waals surface area (Å²) in [5.74, 6) is 0.499. The molecule has 1 fully saturated rings. The number of nitrogens with one attached hydrogen (secondary N) is 1. The maximum Gasteiger partial charge on any atom is 0.238 e. The van der Waals surface area contributed by atoms with Gasteiger partial charge in [0.1, 0.15) is 5.75 Å². The number of anilines is 1. The van der Waals surface area contributed by atoms with E-state index in [9.17, 15) is 4.79 Å². The third-order valence-corrected chi connectivity index (χ3v) is 4.30. The molecule has 1 aliphatic rings. The van der Waals surface area contributed by atoms with Crippen LogP contribution in [0, 0.1) is 0 Å². The number of aryl methyl sites for hydroxylation is 1. The molecule has 1 heterocycles. The molecule has 2 aromatic rings. The lowest BCUT2D eigenvalue weighted by Crippen LogP contribution is -2.34. The molecule has 1 amide bonds. The molecule has 3 rings (SSSR count). The number of amides is 1. The third kappa shape index (κ3) is 4.27. The monoisotopic (exact) mass is 348 g/mol. The van der Waals surface area contributed by atoms with E-state index >= 15 is 0 Å². The SMILES string of the molecule is COc1cc(NC(=O)CN(Cc2cnn(C)c2)C2CC2)ccc1Cl. The molecule has 1 aromatic carbocycles. The molecule has 1 aliphatic carbocycles. The van der Waals surface area contributed by atoms with Gasteiger partial charge in [-0.15, -0.1) is 0 Å². The third-order valence-electron chi connectivity index (χ3n) is 3.99. The molecule has 24 heavy (non-hydrogen) atoms. The van der Waals surface area contributed by atoms with Crippen molar-refractivity contribution in [3.8, 4) is 5.75 Å².